The van der Waals surface area contributed by atoms with E-state index in [-0.39, 0.29) is 11.7 Å². The molecule has 29 heavy (non-hydrogen) atoms. The average molecular weight is 394 g/mol. The third-order valence-corrected chi connectivity index (χ3v) is 6.22. The largest absolute Gasteiger partial charge is 0.354 e. The molecule has 0 amide bonds. The molecule has 4 aromatic carbocycles. The number of hydrogen-bond acceptors (Lipinski definition) is 2. The molecule has 0 aromatic heterocycles. The summed E-state index contributed by atoms with van der Waals surface area (Å²) in [6, 6.07) is 28.3. The van der Waals surface area contributed by atoms with E-state index in [1.807, 2.05) is 54.6 Å². The molecule has 3 heteroatoms. The Morgan fingerprint density at radius 3 is 2.31 bits per heavy atom. The normalized spacial score (nSPS) is 17.0. The van der Waals surface area contributed by atoms with Crippen LogP contribution in [0.25, 0.3) is 16.5 Å². The molecular formula is C26H16ClNO. The maximum atomic E-state index is 13.5. The highest BCUT2D eigenvalue weighted by molar-refractivity contribution is 6.30. The zero-order valence-corrected chi connectivity index (χ0v) is 16.2. The summed E-state index contributed by atoms with van der Waals surface area (Å²) in [6.45, 7) is 0. The molecule has 1 heterocycles. The van der Waals surface area contributed by atoms with Gasteiger partial charge in [0.05, 0.1) is 5.70 Å². The van der Waals surface area contributed by atoms with Crippen LogP contribution in [-0.4, -0.2) is 5.78 Å². The first-order valence-electron chi connectivity index (χ1n) is 9.65. The molecule has 0 saturated carbocycles. The van der Waals surface area contributed by atoms with Gasteiger partial charge in [-0.15, -0.1) is 0 Å². The van der Waals surface area contributed by atoms with E-state index in [0.717, 1.165) is 44.6 Å². The first kappa shape index (κ1) is 16.6. The molecule has 0 fully saturated rings. The summed E-state index contributed by atoms with van der Waals surface area (Å²) in [5.74, 6) is -0.0499. The van der Waals surface area contributed by atoms with Gasteiger partial charge in [-0.25, -0.2) is 0 Å². The number of halogens is 1. The van der Waals surface area contributed by atoms with Gasteiger partial charge in [-0.2, -0.15) is 0 Å². The summed E-state index contributed by atoms with van der Waals surface area (Å²) in [4.78, 5) is 13.5. The number of anilines is 1. The summed E-state index contributed by atoms with van der Waals surface area (Å²) in [7, 11) is 0. The Morgan fingerprint density at radius 1 is 0.759 bits per heavy atom. The number of fused-ring (bicyclic) bond motifs is 5. The summed E-state index contributed by atoms with van der Waals surface area (Å²) >= 11 is 6.17. The van der Waals surface area contributed by atoms with Crippen LogP contribution < -0.4 is 5.32 Å². The van der Waals surface area contributed by atoms with Crippen LogP contribution in [0.5, 0.6) is 0 Å². The highest BCUT2D eigenvalue weighted by atomic mass is 35.5. The molecule has 138 valence electrons. The van der Waals surface area contributed by atoms with Crippen molar-refractivity contribution in [3.05, 3.63) is 118 Å². The monoisotopic (exact) mass is 393 g/mol. The van der Waals surface area contributed by atoms with Crippen LogP contribution in [-0.2, 0) is 0 Å². The quantitative estimate of drug-likeness (QED) is 0.392. The average Bonchev–Trinajstić information content (AvgIpc) is 3.05. The number of Topliss-reactive ketones (excluding diaryl/α,β-unsaturated/α-hetero) is 1. The van der Waals surface area contributed by atoms with Crippen LogP contribution in [0.15, 0.2) is 90.5 Å². The van der Waals surface area contributed by atoms with Crippen LogP contribution in [0.1, 0.15) is 33.0 Å². The molecule has 1 atom stereocenters. The number of allylic oxidation sites excluding steroid dienone is 1. The van der Waals surface area contributed by atoms with Crippen molar-refractivity contribution in [3.8, 4) is 0 Å². The Hall–Kier alpha value is -3.36. The lowest BCUT2D eigenvalue weighted by Crippen LogP contribution is -2.19. The van der Waals surface area contributed by atoms with Crippen molar-refractivity contribution in [2.75, 3.05) is 5.32 Å². The zero-order valence-electron chi connectivity index (χ0n) is 15.4. The van der Waals surface area contributed by atoms with E-state index < -0.39 is 0 Å². The van der Waals surface area contributed by atoms with E-state index in [1.165, 1.54) is 5.39 Å². The van der Waals surface area contributed by atoms with Crippen LogP contribution in [0.3, 0.4) is 0 Å². The number of carbonyl (C=O) groups excluding carboxylic acids is 1. The van der Waals surface area contributed by atoms with Gasteiger partial charge in [-0.3, -0.25) is 4.79 Å². The number of carbonyl (C=O) groups is 1. The topological polar surface area (TPSA) is 29.1 Å². The van der Waals surface area contributed by atoms with Crippen molar-refractivity contribution in [2.24, 2.45) is 0 Å². The van der Waals surface area contributed by atoms with Gasteiger partial charge >= 0.3 is 0 Å². The molecule has 1 N–H and O–H groups in total. The summed E-state index contributed by atoms with van der Waals surface area (Å²) in [6.07, 6.45) is 0. The standard InChI is InChI=1S/C26H16ClNO/c27-17-12-9-16(10-13-17)22-23-18-6-2-1-5-15(18)11-14-21(23)28-25-19-7-3-4-8-20(19)26(29)24(22)25/h1-14,22,28H. The van der Waals surface area contributed by atoms with Crippen molar-refractivity contribution < 1.29 is 4.79 Å². The van der Waals surface area contributed by atoms with Crippen molar-refractivity contribution in [2.45, 2.75) is 5.92 Å². The second-order valence-corrected chi connectivity index (χ2v) is 7.96. The fourth-order valence-electron chi connectivity index (χ4n) is 4.70. The Morgan fingerprint density at radius 2 is 1.48 bits per heavy atom. The predicted molar refractivity (Wildman–Crippen MR) is 119 cm³/mol. The van der Waals surface area contributed by atoms with E-state index in [9.17, 15) is 4.79 Å². The molecule has 1 aliphatic heterocycles. The van der Waals surface area contributed by atoms with Gasteiger partial charge in [0.25, 0.3) is 0 Å². The van der Waals surface area contributed by atoms with Crippen LogP contribution in [0.2, 0.25) is 5.02 Å². The molecule has 0 saturated heterocycles. The number of ketones is 1. The van der Waals surface area contributed by atoms with Gasteiger partial charge in [-0.1, -0.05) is 78.3 Å². The zero-order chi connectivity index (χ0) is 19.5. The maximum Gasteiger partial charge on any atom is 0.192 e. The highest BCUT2D eigenvalue weighted by Crippen LogP contribution is 2.51. The Labute approximate surface area is 173 Å². The molecule has 1 unspecified atom stereocenters. The van der Waals surface area contributed by atoms with Gasteiger partial charge in [0.15, 0.2) is 5.78 Å². The third kappa shape index (κ3) is 2.33. The van der Waals surface area contributed by atoms with Crippen LogP contribution >= 0.6 is 11.6 Å². The first-order chi connectivity index (χ1) is 14.2. The number of hydrogen-bond donors (Lipinski definition) is 1. The second kappa shape index (κ2) is 6.07. The van der Waals surface area contributed by atoms with E-state index in [1.54, 1.807) is 0 Å². The lowest BCUT2D eigenvalue weighted by Gasteiger charge is -2.30. The lowest BCUT2D eigenvalue weighted by molar-refractivity contribution is 0.103. The Kier molecular flexibility index (Phi) is 3.47. The Bertz CT molecular complexity index is 1350. The minimum absolute atomic E-state index is 0.0987. The lowest BCUT2D eigenvalue weighted by atomic mass is 9.78. The van der Waals surface area contributed by atoms with Crippen molar-refractivity contribution in [3.63, 3.8) is 0 Å². The number of rotatable bonds is 1. The molecule has 0 bridgehead atoms. The van der Waals surface area contributed by atoms with Crippen LogP contribution in [0.4, 0.5) is 5.69 Å². The molecule has 2 aliphatic rings. The summed E-state index contributed by atoms with van der Waals surface area (Å²) in [5.41, 5.74) is 6.75. The SMILES string of the molecule is O=C1C2=C(Nc3ccc4ccccc4c3C2c2ccc(Cl)cc2)c2ccccc21. The van der Waals surface area contributed by atoms with Gasteiger partial charge in [0, 0.05) is 33.3 Å². The molecular weight excluding hydrogens is 378 g/mol. The van der Waals surface area contributed by atoms with Gasteiger partial charge < -0.3 is 5.32 Å². The van der Waals surface area contributed by atoms with Crippen LogP contribution in [0, 0.1) is 0 Å². The fourth-order valence-corrected chi connectivity index (χ4v) is 4.82. The van der Waals surface area contributed by atoms with Crippen molar-refractivity contribution >= 4 is 39.5 Å². The van der Waals surface area contributed by atoms with Gasteiger partial charge in [0.1, 0.15) is 0 Å². The van der Waals surface area contributed by atoms with E-state index in [0.29, 0.717) is 5.02 Å². The Balaban J connectivity index is 1.69. The molecule has 1 aliphatic carbocycles. The minimum Gasteiger partial charge on any atom is -0.354 e. The van der Waals surface area contributed by atoms with Crippen molar-refractivity contribution in [1.82, 2.24) is 0 Å². The summed E-state index contributed by atoms with van der Waals surface area (Å²) in [5, 5.41) is 6.60. The third-order valence-electron chi connectivity index (χ3n) is 5.97. The van der Waals surface area contributed by atoms with E-state index in [2.05, 4.69) is 35.6 Å². The first-order valence-corrected chi connectivity index (χ1v) is 10.0. The van der Waals surface area contributed by atoms with Crippen molar-refractivity contribution in [1.29, 1.82) is 0 Å². The fraction of sp³-hybridized carbons (Fsp3) is 0.0385. The minimum atomic E-state index is -0.149. The van der Waals surface area contributed by atoms with E-state index in [4.69, 9.17) is 11.6 Å². The number of nitrogens with one attached hydrogen (secondary N) is 1. The predicted octanol–water partition coefficient (Wildman–Crippen LogP) is 6.66. The number of benzene rings is 4. The molecule has 2 nitrogen and oxygen atoms in total. The highest BCUT2D eigenvalue weighted by Gasteiger charge is 2.40. The van der Waals surface area contributed by atoms with Gasteiger partial charge in [0.2, 0.25) is 0 Å². The van der Waals surface area contributed by atoms with Gasteiger partial charge in [-0.05, 0) is 40.1 Å². The smallest absolute Gasteiger partial charge is 0.192 e. The molecule has 0 radical (unpaired) electrons. The van der Waals surface area contributed by atoms with E-state index >= 15 is 0 Å². The summed E-state index contributed by atoms with van der Waals surface area (Å²) < 4.78 is 0. The molecule has 6 rings (SSSR count). The molecule has 0 spiro atoms. The maximum absolute atomic E-state index is 13.5. The molecule has 4 aromatic rings. The second-order valence-electron chi connectivity index (χ2n) is 7.52.